The lowest BCUT2D eigenvalue weighted by Gasteiger charge is -2.02. The number of esters is 1. The van der Waals surface area contributed by atoms with Crippen LogP contribution in [0.5, 0.6) is 0 Å². The number of nitro benzene ring substituents is 2. The molecule has 0 fully saturated rings. The Morgan fingerprint density at radius 2 is 1.95 bits per heavy atom. The molecule has 0 aliphatic heterocycles. The van der Waals surface area contributed by atoms with Gasteiger partial charge in [-0.25, -0.2) is 0 Å². The molecule has 0 aromatic heterocycles. The molecule has 0 bridgehead atoms. The van der Waals surface area contributed by atoms with Gasteiger partial charge in [-0.15, -0.1) is 0 Å². The maximum atomic E-state index is 11.8. The third-order valence-corrected chi connectivity index (χ3v) is 3.41. The topological polar surface area (TPSA) is 130 Å². The number of nitrogens with zero attached hydrogens (tertiary/aromatic N) is 2. The van der Waals surface area contributed by atoms with Crippen molar-refractivity contribution in [1.82, 2.24) is 0 Å². The normalized spacial score (nSPS) is 11.6. The Balaban J connectivity index is 3.20. The van der Waals surface area contributed by atoms with E-state index in [2.05, 4.69) is 4.74 Å². The third-order valence-electron chi connectivity index (χ3n) is 2.07. The van der Waals surface area contributed by atoms with Crippen LogP contribution in [0.2, 0.25) is 0 Å². The first-order chi connectivity index (χ1) is 8.86. The molecule has 0 aliphatic carbocycles. The molecule has 1 aromatic carbocycles. The van der Waals surface area contributed by atoms with Crippen molar-refractivity contribution in [2.45, 2.75) is 4.90 Å². The first-order valence-electron chi connectivity index (χ1n) is 4.75. The van der Waals surface area contributed by atoms with Crippen LogP contribution in [-0.4, -0.2) is 32.9 Å². The fourth-order valence-corrected chi connectivity index (χ4v) is 2.27. The summed E-state index contributed by atoms with van der Waals surface area (Å²) in [6, 6.07) is 2.68. The Hall–Kier alpha value is -2.36. The SMILES string of the molecule is COC(=O)CS(=O)c1ccc([N+](=O)[O-])cc1[N+](=O)[O-]. The summed E-state index contributed by atoms with van der Waals surface area (Å²) in [7, 11) is -0.919. The summed E-state index contributed by atoms with van der Waals surface area (Å²) in [6.07, 6.45) is 0. The van der Waals surface area contributed by atoms with Crippen molar-refractivity contribution in [2.24, 2.45) is 0 Å². The molecule has 0 N–H and O–H groups in total. The monoisotopic (exact) mass is 288 g/mol. The first kappa shape index (κ1) is 14.7. The molecule has 0 saturated carbocycles. The van der Waals surface area contributed by atoms with Crippen LogP contribution in [0.1, 0.15) is 0 Å². The lowest BCUT2D eigenvalue weighted by atomic mass is 10.3. The zero-order chi connectivity index (χ0) is 14.6. The molecular formula is C9H8N2O7S. The number of methoxy groups -OCH3 is 1. The van der Waals surface area contributed by atoms with Crippen molar-refractivity contribution in [1.29, 1.82) is 0 Å². The van der Waals surface area contributed by atoms with Crippen molar-refractivity contribution >= 4 is 28.1 Å². The summed E-state index contributed by atoms with van der Waals surface area (Å²) >= 11 is 0. The molecule has 1 unspecified atom stereocenters. The summed E-state index contributed by atoms with van der Waals surface area (Å²) in [5.41, 5.74) is -1.16. The lowest BCUT2D eigenvalue weighted by molar-refractivity contribution is -0.396. The fraction of sp³-hybridized carbons (Fsp3) is 0.222. The number of benzene rings is 1. The predicted octanol–water partition coefficient (Wildman–Crippen LogP) is 0.784. The molecular weight excluding hydrogens is 280 g/mol. The van der Waals surface area contributed by atoms with Crippen LogP contribution in [-0.2, 0) is 20.3 Å². The van der Waals surface area contributed by atoms with E-state index in [1.54, 1.807) is 0 Å². The van der Waals surface area contributed by atoms with Gasteiger partial charge in [-0.05, 0) is 6.07 Å². The zero-order valence-electron chi connectivity index (χ0n) is 9.60. The minimum Gasteiger partial charge on any atom is -0.468 e. The van der Waals surface area contributed by atoms with Crippen LogP contribution in [0, 0.1) is 20.2 Å². The van der Waals surface area contributed by atoms with Gasteiger partial charge < -0.3 is 4.74 Å². The number of rotatable bonds is 5. The van der Waals surface area contributed by atoms with Crippen molar-refractivity contribution in [3.8, 4) is 0 Å². The lowest BCUT2D eigenvalue weighted by Crippen LogP contribution is -2.13. The molecule has 9 nitrogen and oxygen atoms in total. The van der Waals surface area contributed by atoms with Crippen molar-refractivity contribution < 1.29 is 23.6 Å². The number of non-ortho nitro benzene ring substituents is 1. The number of hydrogen-bond acceptors (Lipinski definition) is 7. The predicted molar refractivity (Wildman–Crippen MR) is 63.0 cm³/mol. The number of ether oxygens (including phenoxy) is 1. The number of carbonyl (C=O) groups excluding carboxylic acids is 1. The van der Waals surface area contributed by atoms with E-state index in [-0.39, 0.29) is 4.90 Å². The molecule has 0 spiro atoms. The quantitative estimate of drug-likeness (QED) is 0.444. The molecule has 102 valence electrons. The summed E-state index contributed by atoms with van der Waals surface area (Å²) in [6.45, 7) is 0. The van der Waals surface area contributed by atoms with Gasteiger partial charge in [-0.1, -0.05) is 0 Å². The van der Waals surface area contributed by atoms with Crippen LogP contribution in [0.15, 0.2) is 23.1 Å². The zero-order valence-corrected chi connectivity index (χ0v) is 10.4. The molecule has 1 rings (SSSR count). The highest BCUT2D eigenvalue weighted by atomic mass is 32.2. The highest BCUT2D eigenvalue weighted by molar-refractivity contribution is 7.85. The van der Waals surface area contributed by atoms with Crippen LogP contribution in [0.4, 0.5) is 11.4 Å². The van der Waals surface area contributed by atoms with Gasteiger partial charge in [-0.2, -0.15) is 0 Å². The van der Waals surface area contributed by atoms with Gasteiger partial charge in [0.1, 0.15) is 10.6 Å². The minimum atomic E-state index is -2.01. The van der Waals surface area contributed by atoms with Gasteiger partial charge in [0, 0.05) is 6.07 Å². The number of hydrogen-bond donors (Lipinski definition) is 0. The highest BCUT2D eigenvalue weighted by Crippen LogP contribution is 2.27. The van der Waals surface area contributed by atoms with Gasteiger partial charge >= 0.3 is 5.97 Å². The van der Waals surface area contributed by atoms with Crippen molar-refractivity contribution in [3.05, 3.63) is 38.4 Å². The van der Waals surface area contributed by atoms with Gasteiger partial charge in [0.05, 0.1) is 33.8 Å². The van der Waals surface area contributed by atoms with Gasteiger partial charge in [0.25, 0.3) is 11.4 Å². The Labute approximate surface area is 108 Å². The van der Waals surface area contributed by atoms with E-state index in [1.165, 1.54) is 0 Å². The van der Waals surface area contributed by atoms with E-state index >= 15 is 0 Å². The number of carbonyl (C=O) groups is 1. The largest absolute Gasteiger partial charge is 0.468 e. The van der Waals surface area contributed by atoms with Crippen LogP contribution < -0.4 is 0 Å². The summed E-state index contributed by atoms with van der Waals surface area (Å²) in [5.74, 6) is -1.36. The molecule has 1 atom stereocenters. The van der Waals surface area contributed by atoms with E-state index in [9.17, 15) is 29.2 Å². The van der Waals surface area contributed by atoms with E-state index in [1.807, 2.05) is 0 Å². The summed E-state index contributed by atoms with van der Waals surface area (Å²) in [5, 5.41) is 21.3. The second kappa shape index (κ2) is 6.00. The van der Waals surface area contributed by atoms with Gasteiger partial charge in [0.15, 0.2) is 0 Å². The molecule has 0 heterocycles. The maximum Gasteiger partial charge on any atom is 0.318 e. The van der Waals surface area contributed by atoms with Gasteiger partial charge in [-0.3, -0.25) is 29.2 Å². The Morgan fingerprint density at radius 3 is 2.42 bits per heavy atom. The second-order valence-electron chi connectivity index (χ2n) is 3.23. The third kappa shape index (κ3) is 3.55. The fourth-order valence-electron chi connectivity index (χ4n) is 1.20. The Morgan fingerprint density at radius 1 is 1.32 bits per heavy atom. The average Bonchev–Trinajstić information content (AvgIpc) is 2.37. The standard InChI is InChI=1S/C9H8N2O7S/c1-18-9(12)5-19(17)8-3-2-6(10(13)14)4-7(8)11(15)16/h2-4H,5H2,1H3. The Bertz CT molecular complexity index is 572. The molecule has 0 amide bonds. The smallest absolute Gasteiger partial charge is 0.318 e. The molecule has 19 heavy (non-hydrogen) atoms. The summed E-state index contributed by atoms with van der Waals surface area (Å²) < 4.78 is 16.1. The van der Waals surface area contributed by atoms with Crippen molar-refractivity contribution in [2.75, 3.05) is 12.9 Å². The van der Waals surface area contributed by atoms with E-state index in [0.29, 0.717) is 6.07 Å². The summed E-state index contributed by atoms with van der Waals surface area (Å²) in [4.78, 5) is 30.3. The molecule has 10 heteroatoms. The van der Waals surface area contributed by atoms with Crippen LogP contribution in [0.25, 0.3) is 0 Å². The highest BCUT2D eigenvalue weighted by Gasteiger charge is 2.24. The van der Waals surface area contributed by atoms with Crippen molar-refractivity contribution in [3.63, 3.8) is 0 Å². The van der Waals surface area contributed by atoms with E-state index in [4.69, 9.17) is 0 Å². The van der Waals surface area contributed by atoms with E-state index < -0.39 is 43.7 Å². The maximum absolute atomic E-state index is 11.8. The second-order valence-corrected chi connectivity index (χ2v) is 4.65. The molecule has 0 aliphatic rings. The van der Waals surface area contributed by atoms with Crippen LogP contribution in [0.3, 0.4) is 0 Å². The van der Waals surface area contributed by atoms with Gasteiger partial charge in [0.2, 0.25) is 0 Å². The molecule has 0 radical (unpaired) electrons. The molecule has 0 saturated heterocycles. The molecule has 1 aromatic rings. The first-order valence-corrected chi connectivity index (χ1v) is 6.06. The Kier molecular flexibility index (Phi) is 4.64. The average molecular weight is 288 g/mol. The minimum absolute atomic E-state index is 0.263. The van der Waals surface area contributed by atoms with Crippen LogP contribution >= 0.6 is 0 Å². The van der Waals surface area contributed by atoms with E-state index in [0.717, 1.165) is 19.2 Å². The number of nitro groups is 2.